The number of nitrogens with zero attached hydrogens (tertiary/aromatic N) is 3. The van der Waals surface area contributed by atoms with Gasteiger partial charge in [-0.2, -0.15) is 0 Å². The number of carbonyl (C=O) groups excluding carboxylic acids is 1. The van der Waals surface area contributed by atoms with Crippen molar-refractivity contribution in [3.63, 3.8) is 0 Å². The van der Waals surface area contributed by atoms with Crippen LogP contribution in [0.2, 0.25) is 0 Å². The number of aromatic nitrogens is 2. The minimum absolute atomic E-state index is 0.0324. The highest BCUT2D eigenvalue weighted by Crippen LogP contribution is 2.35. The Morgan fingerprint density at radius 3 is 3.08 bits per heavy atom. The Kier molecular flexibility index (Phi) is 4.67. The topological polar surface area (TPSA) is 55.2 Å². The van der Waals surface area contributed by atoms with Crippen molar-refractivity contribution in [1.82, 2.24) is 14.5 Å². The Hall–Kier alpha value is -1.99. The Morgan fingerprint density at radius 1 is 1.46 bits per heavy atom. The number of amides is 1. The largest absolute Gasteiger partial charge is 0.339 e. The van der Waals surface area contributed by atoms with E-state index in [0.29, 0.717) is 12.5 Å². The molecule has 3 aromatic heterocycles. The van der Waals surface area contributed by atoms with Gasteiger partial charge in [0.15, 0.2) is 0 Å². The number of hydrogen-bond donors (Lipinski definition) is 0. The number of likely N-dealkylation sites (N-methyl/N-ethyl adjacent to an activating group) is 1. The molecule has 26 heavy (non-hydrogen) atoms. The summed E-state index contributed by atoms with van der Waals surface area (Å²) in [6, 6.07) is 3.98. The van der Waals surface area contributed by atoms with Gasteiger partial charge in [-0.3, -0.25) is 14.2 Å². The van der Waals surface area contributed by atoms with E-state index in [4.69, 9.17) is 0 Å². The van der Waals surface area contributed by atoms with Gasteiger partial charge in [-0.05, 0) is 42.2 Å². The molecule has 3 aromatic rings. The number of hydrogen-bond acceptors (Lipinski definition) is 5. The van der Waals surface area contributed by atoms with Crippen molar-refractivity contribution in [2.24, 2.45) is 5.92 Å². The van der Waals surface area contributed by atoms with Crippen molar-refractivity contribution in [2.75, 3.05) is 7.05 Å². The number of rotatable bonds is 4. The van der Waals surface area contributed by atoms with Crippen LogP contribution in [-0.2, 0) is 30.7 Å². The van der Waals surface area contributed by atoms with E-state index in [-0.39, 0.29) is 18.0 Å². The normalized spacial score (nSPS) is 16.6. The summed E-state index contributed by atoms with van der Waals surface area (Å²) in [5.74, 6) is 0.574. The maximum absolute atomic E-state index is 13.0. The quantitative estimate of drug-likeness (QED) is 0.690. The third kappa shape index (κ3) is 3.21. The maximum Gasteiger partial charge on any atom is 0.262 e. The molecule has 136 valence electrons. The summed E-state index contributed by atoms with van der Waals surface area (Å²) in [7, 11) is 1.77. The van der Waals surface area contributed by atoms with E-state index >= 15 is 0 Å². The zero-order chi connectivity index (χ0) is 18.3. The number of fused-ring (bicyclic) bond motifs is 3. The van der Waals surface area contributed by atoms with Gasteiger partial charge >= 0.3 is 0 Å². The monoisotopic (exact) mass is 387 g/mol. The highest BCUT2D eigenvalue weighted by molar-refractivity contribution is 7.18. The number of thiophene rings is 2. The second kappa shape index (κ2) is 6.96. The lowest BCUT2D eigenvalue weighted by Crippen LogP contribution is -2.33. The molecular formula is C19H21N3O2S2. The minimum Gasteiger partial charge on any atom is -0.339 e. The molecule has 0 saturated carbocycles. The van der Waals surface area contributed by atoms with Crippen LogP contribution in [0, 0.1) is 5.92 Å². The van der Waals surface area contributed by atoms with Crippen LogP contribution < -0.4 is 5.56 Å². The lowest BCUT2D eigenvalue weighted by molar-refractivity contribution is -0.131. The molecule has 5 nitrogen and oxygen atoms in total. The highest BCUT2D eigenvalue weighted by atomic mass is 32.1. The van der Waals surface area contributed by atoms with Crippen molar-refractivity contribution in [3.05, 3.63) is 49.5 Å². The lowest BCUT2D eigenvalue weighted by atomic mass is 9.89. The van der Waals surface area contributed by atoms with Crippen LogP contribution in [0.3, 0.4) is 0 Å². The predicted molar refractivity (Wildman–Crippen MR) is 106 cm³/mol. The van der Waals surface area contributed by atoms with E-state index in [0.717, 1.165) is 39.9 Å². The zero-order valence-electron chi connectivity index (χ0n) is 14.9. The van der Waals surface area contributed by atoms with Gasteiger partial charge in [0.1, 0.15) is 11.4 Å². The third-order valence-electron chi connectivity index (χ3n) is 4.99. The fourth-order valence-corrected chi connectivity index (χ4v) is 5.57. The first kappa shape index (κ1) is 17.4. The van der Waals surface area contributed by atoms with E-state index in [2.05, 4.69) is 11.9 Å². The highest BCUT2D eigenvalue weighted by Gasteiger charge is 2.23. The predicted octanol–water partition coefficient (Wildman–Crippen LogP) is 3.30. The van der Waals surface area contributed by atoms with Gasteiger partial charge in [0, 0.05) is 16.8 Å². The van der Waals surface area contributed by atoms with Crippen molar-refractivity contribution in [3.8, 4) is 0 Å². The van der Waals surface area contributed by atoms with Gasteiger partial charge in [-0.25, -0.2) is 4.98 Å². The van der Waals surface area contributed by atoms with E-state index in [1.807, 2.05) is 17.5 Å². The van der Waals surface area contributed by atoms with Crippen LogP contribution in [0.15, 0.2) is 28.6 Å². The molecule has 4 rings (SSSR count). The van der Waals surface area contributed by atoms with Gasteiger partial charge in [0.2, 0.25) is 5.91 Å². The molecule has 0 unspecified atom stereocenters. The van der Waals surface area contributed by atoms with E-state index in [9.17, 15) is 9.59 Å². The van der Waals surface area contributed by atoms with Crippen LogP contribution in [0.5, 0.6) is 0 Å². The van der Waals surface area contributed by atoms with Crippen molar-refractivity contribution >= 4 is 38.8 Å². The zero-order valence-corrected chi connectivity index (χ0v) is 16.5. The second-order valence-electron chi connectivity index (χ2n) is 7.04. The van der Waals surface area contributed by atoms with Gasteiger partial charge in [0.25, 0.3) is 5.56 Å². The first-order valence-electron chi connectivity index (χ1n) is 8.79. The average Bonchev–Trinajstić information content (AvgIpc) is 3.24. The summed E-state index contributed by atoms with van der Waals surface area (Å²) >= 11 is 3.26. The molecule has 7 heteroatoms. The molecule has 0 spiro atoms. The molecule has 1 amide bonds. The summed E-state index contributed by atoms with van der Waals surface area (Å²) in [4.78, 5) is 34.9. The molecule has 1 aliphatic rings. The van der Waals surface area contributed by atoms with Gasteiger partial charge < -0.3 is 4.90 Å². The number of aryl methyl sites for hydroxylation is 1. The molecule has 3 heterocycles. The van der Waals surface area contributed by atoms with E-state index in [1.165, 1.54) is 15.8 Å². The molecule has 0 saturated heterocycles. The summed E-state index contributed by atoms with van der Waals surface area (Å²) in [6.45, 7) is 2.85. The van der Waals surface area contributed by atoms with Crippen LogP contribution in [0.1, 0.15) is 28.7 Å². The third-order valence-corrected chi connectivity index (χ3v) is 7.01. The second-order valence-corrected chi connectivity index (χ2v) is 9.15. The van der Waals surface area contributed by atoms with Crippen molar-refractivity contribution in [1.29, 1.82) is 0 Å². The van der Waals surface area contributed by atoms with Crippen LogP contribution in [0.4, 0.5) is 0 Å². The molecule has 1 aliphatic carbocycles. The summed E-state index contributed by atoms with van der Waals surface area (Å²) in [5, 5.41) is 2.73. The molecule has 0 aromatic carbocycles. The smallest absolute Gasteiger partial charge is 0.262 e. The van der Waals surface area contributed by atoms with E-state index < -0.39 is 0 Å². The Balaban J connectivity index is 1.60. The summed E-state index contributed by atoms with van der Waals surface area (Å²) < 4.78 is 1.46. The Morgan fingerprint density at radius 2 is 2.31 bits per heavy atom. The summed E-state index contributed by atoms with van der Waals surface area (Å²) in [5.41, 5.74) is 1.08. The summed E-state index contributed by atoms with van der Waals surface area (Å²) in [6.07, 6.45) is 4.59. The van der Waals surface area contributed by atoms with Crippen LogP contribution >= 0.6 is 22.7 Å². The Bertz CT molecular complexity index is 1000. The first-order chi connectivity index (χ1) is 12.5. The van der Waals surface area contributed by atoms with Gasteiger partial charge in [-0.15, -0.1) is 22.7 Å². The molecule has 0 fully saturated rings. The fourth-order valence-electron chi connectivity index (χ4n) is 3.47. The molecular weight excluding hydrogens is 366 g/mol. The molecule has 0 bridgehead atoms. The molecule has 0 aliphatic heterocycles. The fraction of sp³-hybridized carbons (Fsp3) is 0.421. The van der Waals surface area contributed by atoms with Crippen LogP contribution in [-0.4, -0.2) is 27.4 Å². The van der Waals surface area contributed by atoms with Crippen LogP contribution in [0.25, 0.3) is 10.2 Å². The maximum atomic E-state index is 13.0. The first-order valence-corrected chi connectivity index (χ1v) is 10.5. The molecule has 1 atom stereocenters. The average molecular weight is 388 g/mol. The Labute approximate surface area is 159 Å². The van der Waals surface area contributed by atoms with Crippen molar-refractivity contribution < 1.29 is 4.79 Å². The molecule has 0 radical (unpaired) electrons. The standard InChI is InChI=1S/C19H21N3O2S2/c1-12-5-6-14-15(8-12)26-18-17(14)19(24)22(11-20-18)10-16(23)21(2)9-13-4-3-7-25-13/h3-4,7,11-12H,5-6,8-10H2,1-2H3/t12-/m1/s1. The van der Waals surface area contributed by atoms with Crippen molar-refractivity contribution in [2.45, 2.75) is 39.3 Å². The molecule has 0 N–H and O–H groups in total. The minimum atomic E-state index is -0.0839. The number of carbonyl (C=O) groups is 1. The SMILES string of the molecule is C[C@@H]1CCc2c(sc3ncn(CC(=O)N(C)Cc4cccs4)c(=O)c23)C1. The van der Waals surface area contributed by atoms with Gasteiger partial charge in [0.05, 0.1) is 18.3 Å². The van der Waals surface area contributed by atoms with Gasteiger partial charge in [-0.1, -0.05) is 13.0 Å². The van der Waals surface area contributed by atoms with E-state index in [1.54, 1.807) is 34.6 Å². The lowest BCUT2D eigenvalue weighted by Gasteiger charge is -2.18.